The van der Waals surface area contributed by atoms with Gasteiger partial charge in [-0.1, -0.05) is 0 Å². The molecule has 1 aromatic rings. The zero-order valence-electron chi connectivity index (χ0n) is 5.88. The Morgan fingerprint density at radius 3 is 2.58 bits per heavy atom. The molecule has 0 saturated heterocycles. The molecule has 1 rings (SSSR count). The lowest BCUT2D eigenvalue weighted by molar-refractivity contribution is 0.110. The fourth-order valence-corrected chi connectivity index (χ4v) is 0.818. The van der Waals surface area contributed by atoms with E-state index in [2.05, 4.69) is 4.98 Å². The van der Waals surface area contributed by atoms with Gasteiger partial charge in [0.1, 0.15) is 0 Å². The van der Waals surface area contributed by atoms with Gasteiger partial charge in [-0.25, -0.2) is 8.78 Å². The van der Waals surface area contributed by atoms with Crippen LogP contribution in [0.15, 0.2) is 17.1 Å². The first kappa shape index (κ1) is 8.58. The summed E-state index contributed by atoms with van der Waals surface area (Å²) in [6, 6.07) is 1.01. The minimum absolute atomic E-state index is 0.125. The molecule has 0 aliphatic heterocycles. The van der Waals surface area contributed by atoms with E-state index in [1.54, 1.807) is 0 Å². The molecule has 1 heterocycles. The Kier molecular flexibility index (Phi) is 2.32. The highest BCUT2D eigenvalue weighted by molar-refractivity contribution is 5.76. The standard InChI is InChI=1S/C7H5F2NO2/c8-6(9)4-1-2-10-7(12)5(4)3-11/h1-3,6H,(H,10,12). The Hall–Kier alpha value is -1.52. The topological polar surface area (TPSA) is 49.9 Å². The molecule has 0 amide bonds. The van der Waals surface area contributed by atoms with Gasteiger partial charge < -0.3 is 4.98 Å². The molecule has 3 nitrogen and oxygen atoms in total. The van der Waals surface area contributed by atoms with Crippen LogP contribution in [0, 0.1) is 0 Å². The van der Waals surface area contributed by atoms with Crippen LogP contribution >= 0.6 is 0 Å². The second-order valence-electron chi connectivity index (χ2n) is 2.09. The molecule has 1 aromatic heterocycles. The summed E-state index contributed by atoms with van der Waals surface area (Å²) < 4.78 is 24.2. The fraction of sp³-hybridized carbons (Fsp3) is 0.143. The number of aromatic nitrogens is 1. The molecule has 12 heavy (non-hydrogen) atoms. The molecule has 0 aliphatic rings. The number of carbonyl (C=O) groups excluding carboxylic acids is 1. The minimum Gasteiger partial charge on any atom is -0.328 e. The summed E-state index contributed by atoms with van der Waals surface area (Å²) in [5, 5.41) is 0. The predicted molar refractivity (Wildman–Crippen MR) is 37.4 cm³/mol. The second-order valence-corrected chi connectivity index (χ2v) is 2.09. The molecule has 0 aromatic carbocycles. The van der Waals surface area contributed by atoms with Gasteiger partial charge in [0.15, 0.2) is 6.29 Å². The monoisotopic (exact) mass is 173 g/mol. The molecule has 1 N–H and O–H groups in total. The van der Waals surface area contributed by atoms with Crippen molar-refractivity contribution in [2.45, 2.75) is 6.43 Å². The lowest BCUT2D eigenvalue weighted by atomic mass is 10.1. The lowest BCUT2D eigenvalue weighted by Crippen LogP contribution is -2.14. The number of pyridine rings is 1. The van der Waals surface area contributed by atoms with Gasteiger partial charge in [-0.3, -0.25) is 9.59 Å². The van der Waals surface area contributed by atoms with E-state index in [0.29, 0.717) is 0 Å². The van der Waals surface area contributed by atoms with Gasteiger partial charge in [0, 0.05) is 11.8 Å². The highest BCUT2D eigenvalue weighted by atomic mass is 19.3. The summed E-state index contributed by atoms with van der Waals surface area (Å²) in [6.45, 7) is 0. The van der Waals surface area contributed by atoms with Crippen LogP contribution in [0.2, 0.25) is 0 Å². The molecule has 0 aliphatic carbocycles. The van der Waals surface area contributed by atoms with E-state index in [9.17, 15) is 18.4 Å². The van der Waals surface area contributed by atoms with Crippen molar-refractivity contribution >= 4 is 6.29 Å². The van der Waals surface area contributed by atoms with Crippen molar-refractivity contribution in [1.82, 2.24) is 4.98 Å². The van der Waals surface area contributed by atoms with Gasteiger partial charge in [0.2, 0.25) is 0 Å². The predicted octanol–water partition coefficient (Wildman–Crippen LogP) is 1.12. The number of aldehydes is 1. The van der Waals surface area contributed by atoms with E-state index < -0.39 is 23.1 Å². The lowest BCUT2D eigenvalue weighted by Gasteiger charge is -1.99. The number of hydrogen-bond donors (Lipinski definition) is 1. The zero-order chi connectivity index (χ0) is 9.14. The summed E-state index contributed by atoms with van der Waals surface area (Å²) in [4.78, 5) is 23.1. The number of carbonyl (C=O) groups is 1. The van der Waals surface area contributed by atoms with E-state index >= 15 is 0 Å². The summed E-state index contributed by atoms with van der Waals surface area (Å²) >= 11 is 0. The molecule has 5 heteroatoms. The molecule has 0 unspecified atom stereocenters. The number of H-pyrrole nitrogens is 1. The first-order valence-corrected chi connectivity index (χ1v) is 3.11. The van der Waals surface area contributed by atoms with E-state index in [4.69, 9.17) is 0 Å². The highest BCUT2D eigenvalue weighted by Gasteiger charge is 2.14. The molecule has 0 saturated carbocycles. The summed E-state index contributed by atoms with van der Waals surface area (Å²) in [7, 11) is 0. The Morgan fingerprint density at radius 2 is 2.17 bits per heavy atom. The number of alkyl halides is 2. The van der Waals surface area contributed by atoms with Crippen molar-refractivity contribution in [2.24, 2.45) is 0 Å². The van der Waals surface area contributed by atoms with Crippen LogP contribution in [0.25, 0.3) is 0 Å². The smallest absolute Gasteiger partial charge is 0.264 e. The van der Waals surface area contributed by atoms with Crippen LogP contribution in [0.3, 0.4) is 0 Å². The van der Waals surface area contributed by atoms with Crippen LogP contribution < -0.4 is 5.56 Å². The Bertz CT molecular complexity index is 346. The molecule has 64 valence electrons. The first-order chi connectivity index (χ1) is 5.66. The van der Waals surface area contributed by atoms with Crippen LogP contribution in [0.1, 0.15) is 22.3 Å². The fourth-order valence-electron chi connectivity index (χ4n) is 0.818. The zero-order valence-corrected chi connectivity index (χ0v) is 5.88. The van der Waals surface area contributed by atoms with Crippen LogP contribution in [-0.2, 0) is 0 Å². The minimum atomic E-state index is -2.80. The SMILES string of the molecule is O=Cc1c(C(F)F)cc[nH]c1=O. The third-order valence-corrected chi connectivity index (χ3v) is 1.39. The quantitative estimate of drug-likeness (QED) is 0.681. The highest BCUT2D eigenvalue weighted by Crippen LogP contribution is 2.18. The van der Waals surface area contributed by atoms with E-state index in [1.807, 2.05) is 0 Å². The molecule has 0 fully saturated rings. The average molecular weight is 173 g/mol. The molecular weight excluding hydrogens is 168 g/mol. The van der Waals surface area contributed by atoms with Crippen molar-refractivity contribution in [2.75, 3.05) is 0 Å². The first-order valence-electron chi connectivity index (χ1n) is 3.11. The van der Waals surface area contributed by atoms with Gasteiger partial charge in [0.05, 0.1) is 5.56 Å². The van der Waals surface area contributed by atoms with Crippen molar-refractivity contribution in [3.8, 4) is 0 Å². The summed E-state index contributed by atoms with van der Waals surface area (Å²) in [5.41, 5.74) is -1.83. The molecular formula is C7H5F2NO2. The van der Waals surface area contributed by atoms with Crippen LogP contribution in [-0.4, -0.2) is 11.3 Å². The number of rotatable bonds is 2. The maximum absolute atomic E-state index is 12.1. The third kappa shape index (κ3) is 1.39. The summed E-state index contributed by atoms with van der Waals surface area (Å²) in [6.07, 6.45) is -1.59. The van der Waals surface area contributed by atoms with Crippen LogP contribution in [0.4, 0.5) is 8.78 Å². The molecule has 0 radical (unpaired) electrons. The Morgan fingerprint density at radius 1 is 1.50 bits per heavy atom. The normalized spacial score (nSPS) is 10.2. The Labute approximate surface area is 66.0 Å². The van der Waals surface area contributed by atoms with Crippen LogP contribution in [0.5, 0.6) is 0 Å². The van der Waals surface area contributed by atoms with E-state index in [-0.39, 0.29) is 6.29 Å². The van der Waals surface area contributed by atoms with Gasteiger partial charge >= 0.3 is 0 Å². The summed E-state index contributed by atoms with van der Waals surface area (Å²) in [5.74, 6) is 0. The van der Waals surface area contributed by atoms with E-state index in [1.165, 1.54) is 0 Å². The molecule has 0 atom stereocenters. The number of hydrogen-bond acceptors (Lipinski definition) is 2. The number of aromatic amines is 1. The maximum atomic E-state index is 12.1. The average Bonchev–Trinajstić information content (AvgIpc) is 2.03. The van der Waals surface area contributed by atoms with Crippen molar-refractivity contribution in [1.29, 1.82) is 0 Å². The molecule has 0 spiro atoms. The maximum Gasteiger partial charge on any atom is 0.264 e. The van der Waals surface area contributed by atoms with Gasteiger partial charge in [-0.15, -0.1) is 0 Å². The third-order valence-electron chi connectivity index (χ3n) is 1.39. The second kappa shape index (κ2) is 3.25. The van der Waals surface area contributed by atoms with Crippen molar-refractivity contribution in [3.63, 3.8) is 0 Å². The molecule has 0 bridgehead atoms. The van der Waals surface area contributed by atoms with Crippen molar-refractivity contribution in [3.05, 3.63) is 33.7 Å². The van der Waals surface area contributed by atoms with E-state index in [0.717, 1.165) is 12.3 Å². The van der Waals surface area contributed by atoms with Gasteiger partial charge in [-0.05, 0) is 6.07 Å². The number of halogens is 2. The van der Waals surface area contributed by atoms with Gasteiger partial charge in [-0.2, -0.15) is 0 Å². The number of nitrogens with one attached hydrogen (secondary N) is 1. The van der Waals surface area contributed by atoms with Gasteiger partial charge in [0.25, 0.3) is 12.0 Å². The largest absolute Gasteiger partial charge is 0.328 e. The Balaban J connectivity index is 3.37. The van der Waals surface area contributed by atoms with Crippen molar-refractivity contribution < 1.29 is 13.6 Å².